The van der Waals surface area contributed by atoms with Gasteiger partial charge in [-0.2, -0.15) is 0 Å². The number of amides is 1. The molecule has 130 valence electrons. The molecule has 1 fully saturated rings. The largest absolute Gasteiger partial charge is 0.357 e. The zero-order chi connectivity index (χ0) is 17.2. The molecule has 0 spiro atoms. The van der Waals surface area contributed by atoms with E-state index >= 15 is 0 Å². The molecular formula is C19H28N4O. The molecule has 0 saturated carbocycles. The molecule has 0 atom stereocenters. The summed E-state index contributed by atoms with van der Waals surface area (Å²) in [6.45, 7) is 9.55. The standard InChI is InChI=1S/C19H28N4O/c1-3-12-21-19(20-4-2)22-15-16-8-10-17(11-9-16)18(24)23-13-6-5-7-14-23/h3,8-11H,1,4-7,12-15H2,2H3,(H2,20,21,22). The summed E-state index contributed by atoms with van der Waals surface area (Å²) in [6.07, 6.45) is 5.26. The quantitative estimate of drug-likeness (QED) is 0.479. The first-order valence-electron chi connectivity index (χ1n) is 8.76. The lowest BCUT2D eigenvalue weighted by Gasteiger charge is -2.26. The Morgan fingerprint density at radius 3 is 2.54 bits per heavy atom. The van der Waals surface area contributed by atoms with E-state index in [0.29, 0.717) is 13.1 Å². The average Bonchev–Trinajstić information content (AvgIpc) is 2.64. The molecule has 1 aromatic rings. The van der Waals surface area contributed by atoms with Crippen molar-refractivity contribution < 1.29 is 4.79 Å². The topological polar surface area (TPSA) is 56.7 Å². The number of guanidine groups is 1. The molecule has 0 aromatic heterocycles. The summed E-state index contributed by atoms with van der Waals surface area (Å²) < 4.78 is 0. The normalized spacial score (nSPS) is 15.0. The van der Waals surface area contributed by atoms with Crippen LogP contribution >= 0.6 is 0 Å². The number of nitrogens with zero attached hydrogens (tertiary/aromatic N) is 2. The summed E-state index contributed by atoms with van der Waals surface area (Å²) in [7, 11) is 0. The zero-order valence-electron chi connectivity index (χ0n) is 14.6. The fourth-order valence-corrected chi connectivity index (χ4v) is 2.71. The van der Waals surface area contributed by atoms with Gasteiger partial charge in [0.1, 0.15) is 0 Å². The summed E-state index contributed by atoms with van der Waals surface area (Å²) in [6, 6.07) is 7.78. The van der Waals surface area contributed by atoms with Crippen LogP contribution in [0.25, 0.3) is 0 Å². The third-order valence-electron chi connectivity index (χ3n) is 4.02. The van der Waals surface area contributed by atoms with Gasteiger partial charge in [-0.25, -0.2) is 4.99 Å². The minimum atomic E-state index is 0.144. The number of carbonyl (C=O) groups is 1. The molecule has 0 unspecified atom stereocenters. The molecule has 2 N–H and O–H groups in total. The molecule has 0 bridgehead atoms. The number of likely N-dealkylation sites (tertiary alicyclic amines) is 1. The summed E-state index contributed by atoms with van der Waals surface area (Å²) in [5, 5.41) is 6.36. The van der Waals surface area contributed by atoms with E-state index in [0.717, 1.165) is 49.6 Å². The Morgan fingerprint density at radius 2 is 1.92 bits per heavy atom. The Hall–Kier alpha value is -2.30. The lowest BCUT2D eigenvalue weighted by molar-refractivity contribution is 0.0724. The molecule has 0 radical (unpaired) electrons. The van der Waals surface area contributed by atoms with Gasteiger partial charge in [0, 0.05) is 31.7 Å². The van der Waals surface area contributed by atoms with E-state index in [4.69, 9.17) is 0 Å². The fraction of sp³-hybridized carbons (Fsp3) is 0.474. The molecule has 5 nitrogen and oxygen atoms in total. The van der Waals surface area contributed by atoms with Crippen LogP contribution in [0.3, 0.4) is 0 Å². The fourth-order valence-electron chi connectivity index (χ4n) is 2.71. The zero-order valence-corrected chi connectivity index (χ0v) is 14.6. The van der Waals surface area contributed by atoms with Crippen LogP contribution in [0.5, 0.6) is 0 Å². The highest BCUT2D eigenvalue weighted by molar-refractivity contribution is 5.94. The number of piperidine rings is 1. The van der Waals surface area contributed by atoms with Gasteiger partial charge in [-0.05, 0) is 43.9 Å². The summed E-state index contributed by atoms with van der Waals surface area (Å²) in [5.41, 5.74) is 1.85. The Balaban J connectivity index is 1.95. The van der Waals surface area contributed by atoms with Crippen LogP contribution in [-0.4, -0.2) is 42.9 Å². The summed E-state index contributed by atoms with van der Waals surface area (Å²) >= 11 is 0. The second-order valence-corrected chi connectivity index (χ2v) is 5.91. The van der Waals surface area contributed by atoms with E-state index in [1.807, 2.05) is 36.1 Å². The molecule has 1 aliphatic rings. The average molecular weight is 328 g/mol. The molecule has 1 aliphatic heterocycles. The second kappa shape index (κ2) is 9.75. The first-order valence-corrected chi connectivity index (χ1v) is 8.76. The number of carbonyl (C=O) groups excluding carboxylic acids is 1. The van der Waals surface area contributed by atoms with E-state index < -0.39 is 0 Å². The molecule has 1 saturated heterocycles. The van der Waals surface area contributed by atoms with Crippen LogP contribution < -0.4 is 10.6 Å². The number of hydrogen-bond acceptors (Lipinski definition) is 2. The molecule has 5 heteroatoms. The van der Waals surface area contributed by atoms with Crippen LogP contribution in [0.1, 0.15) is 42.1 Å². The van der Waals surface area contributed by atoms with Crippen LogP contribution in [0, 0.1) is 0 Å². The van der Waals surface area contributed by atoms with Crippen LogP contribution in [-0.2, 0) is 6.54 Å². The van der Waals surface area contributed by atoms with Crippen LogP contribution in [0.15, 0.2) is 41.9 Å². The van der Waals surface area contributed by atoms with Crippen LogP contribution in [0.2, 0.25) is 0 Å². The minimum Gasteiger partial charge on any atom is -0.357 e. The third kappa shape index (κ3) is 5.41. The van der Waals surface area contributed by atoms with Gasteiger partial charge in [-0.15, -0.1) is 6.58 Å². The van der Waals surface area contributed by atoms with E-state index in [9.17, 15) is 4.79 Å². The van der Waals surface area contributed by atoms with E-state index in [2.05, 4.69) is 22.2 Å². The Labute approximate surface area is 144 Å². The number of rotatable bonds is 6. The molecule has 1 aromatic carbocycles. The van der Waals surface area contributed by atoms with E-state index in [-0.39, 0.29) is 5.91 Å². The maximum Gasteiger partial charge on any atom is 0.253 e. The van der Waals surface area contributed by atoms with Gasteiger partial charge < -0.3 is 15.5 Å². The van der Waals surface area contributed by atoms with Crippen LogP contribution in [0.4, 0.5) is 0 Å². The minimum absolute atomic E-state index is 0.144. The summed E-state index contributed by atoms with van der Waals surface area (Å²) in [4.78, 5) is 18.9. The Kier molecular flexibility index (Phi) is 7.33. The van der Waals surface area contributed by atoms with Crippen molar-refractivity contribution in [2.75, 3.05) is 26.2 Å². The van der Waals surface area contributed by atoms with Crippen molar-refractivity contribution >= 4 is 11.9 Å². The van der Waals surface area contributed by atoms with Crippen molar-refractivity contribution in [3.8, 4) is 0 Å². The number of benzene rings is 1. The second-order valence-electron chi connectivity index (χ2n) is 5.91. The van der Waals surface area contributed by atoms with Crippen molar-refractivity contribution in [3.05, 3.63) is 48.0 Å². The lowest BCUT2D eigenvalue weighted by Crippen LogP contribution is -2.37. The first kappa shape index (κ1) is 18.0. The molecule has 24 heavy (non-hydrogen) atoms. The Bertz CT molecular complexity index is 559. The number of hydrogen-bond donors (Lipinski definition) is 2. The smallest absolute Gasteiger partial charge is 0.253 e. The van der Waals surface area contributed by atoms with E-state index in [1.165, 1.54) is 6.42 Å². The van der Waals surface area contributed by atoms with Crippen molar-refractivity contribution in [1.29, 1.82) is 0 Å². The molecular weight excluding hydrogens is 300 g/mol. The van der Waals surface area contributed by atoms with Gasteiger partial charge in [0.05, 0.1) is 6.54 Å². The highest BCUT2D eigenvalue weighted by Crippen LogP contribution is 2.14. The van der Waals surface area contributed by atoms with Gasteiger partial charge in [0.25, 0.3) is 5.91 Å². The predicted octanol–water partition coefficient (Wildman–Crippen LogP) is 2.55. The van der Waals surface area contributed by atoms with E-state index in [1.54, 1.807) is 6.08 Å². The SMILES string of the molecule is C=CCNC(=NCc1ccc(C(=O)N2CCCCC2)cc1)NCC. The number of nitrogens with one attached hydrogen (secondary N) is 2. The predicted molar refractivity (Wildman–Crippen MR) is 99.2 cm³/mol. The van der Waals surface area contributed by atoms with Gasteiger partial charge in [0.2, 0.25) is 0 Å². The monoisotopic (exact) mass is 328 g/mol. The first-order chi connectivity index (χ1) is 11.7. The van der Waals surface area contributed by atoms with Crippen molar-refractivity contribution in [1.82, 2.24) is 15.5 Å². The lowest BCUT2D eigenvalue weighted by atomic mass is 10.1. The van der Waals surface area contributed by atoms with Gasteiger partial charge in [0.15, 0.2) is 5.96 Å². The molecule has 1 amide bonds. The number of aliphatic imine (C=N–C) groups is 1. The van der Waals surface area contributed by atoms with Gasteiger partial charge >= 0.3 is 0 Å². The van der Waals surface area contributed by atoms with Crippen molar-refractivity contribution in [2.24, 2.45) is 4.99 Å². The third-order valence-corrected chi connectivity index (χ3v) is 4.02. The highest BCUT2D eigenvalue weighted by atomic mass is 16.2. The Morgan fingerprint density at radius 1 is 1.21 bits per heavy atom. The van der Waals surface area contributed by atoms with Crippen molar-refractivity contribution in [2.45, 2.75) is 32.7 Å². The van der Waals surface area contributed by atoms with Crippen molar-refractivity contribution in [3.63, 3.8) is 0 Å². The highest BCUT2D eigenvalue weighted by Gasteiger charge is 2.17. The molecule has 1 heterocycles. The van der Waals surface area contributed by atoms with Gasteiger partial charge in [-0.3, -0.25) is 4.79 Å². The summed E-state index contributed by atoms with van der Waals surface area (Å²) in [5.74, 6) is 0.914. The maximum absolute atomic E-state index is 12.4. The molecule has 0 aliphatic carbocycles. The maximum atomic E-state index is 12.4. The van der Waals surface area contributed by atoms with Gasteiger partial charge in [-0.1, -0.05) is 18.2 Å². The molecule has 2 rings (SSSR count).